The van der Waals surface area contributed by atoms with E-state index in [1.165, 1.54) is 0 Å². The number of carbonyl (C=O) groups is 1. The average Bonchev–Trinajstić information content (AvgIpc) is 3.27. The zero-order valence-electron chi connectivity index (χ0n) is 13.6. The minimum atomic E-state index is -0.268. The molecule has 0 radical (unpaired) electrons. The molecule has 1 unspecified atom stereocenters. The van der Waals surface area contributed by atoms with Crippen LogP contribution in [-0.4, -0.2) is 46.4 Å². The molecule has 2 aromatic heterocycles. The number of hydrogen-bond donors (Lipinski definition) is 1. The van der Waals surface area contributed by atoms with Gasteiger partial charge in [-0.1, -0.05) is 23.4 Å². The summed E-state index contributed by atoms with van der Waals surface area (Å²) in [5.41, 5.74) is 1.13. The number of nitrogens with one attached hydrogen (secondary N) is 1. The Labute approximate surface area is 139 Å². The van der Waals surface area contributed by atoms with E-state index in [0.29, 0.717) is 6.54 Å². The van der Waals surface area contributed by atoms with Gasteiger partial charge in [-0.2, -0.15) is 0 Å². The van der Waals surface area contributed by atoms with Crippen molar-refractivity contribution in [1.82, 2.24) is 25.2 Å². The molecule has 0 saturated carbocycles. The molecule has 24 heavy (non-hydrogen) atoms. The van der Waals surface area contributed by atoms with Gasteiger partial charge in [-0.15, -0.1) is 5.10 Å². The Kier molecular flexibility index (Phi) is 4.72. The van der Waals surface area contributed by atoms with E-state index >= 15 is 0 Å². The van der Waals surface area contributed by atoms with Gasteiger partial charge in [0.05, 0.1) is 24.2 Å². The van der Waals surface area contributed by atoms with E-state index in [1.54, 1.807) is 17.1 Å². The normalized spacial score (nSPS) is 12.3. The summed E-state index contributed by atoms with van der Waals surface area (Å²) in [6, 6.07) is 13.2. The maximum Gasteiger partial charge on any atom is 0.273 e. The Morgan fingerprint density at radius 2 is 2.04 bits per heavy atom. The van der Waals surface area contributed by atoms with Crippen LogP contribution in [0.5, 0.6) is 0 Å². The zero-order chi connectivity index (χ0) is 16.9. The predicted molar refractivity (Wildman–Crippen MR) is 88.8 cm³/mol. The van der Waals surface area contributed by atoms with Crippen molar-refractivity contribution in [1.29, 1.82) is 0 Å². The molecule has 1 N–H and O–H groups in total. The molecule has 7 heteroatoms. The van der Waals surface area contributed by atoms with Crippen molar-refractivity contribution < 1.29 is 9.21 Å². The molecule has 124 valence electrons. The molecule has 0 aliphatic rings. The van der Waals surface area contributed by atoms with Crippen molar-refractivity contribution in [3.05, 3.63) is 66.4 Å². The quantitative estimate of drug-likeness (QED) is 0.749. The first-order valence-corrected chi connectivity index (χ1v) is 7.61. The lowest BCUT2D eigenvalue weighted by Crippen LogP contribution is -2.34. The number of hydrogen-bond acceptors (Lipinski definition) is 5. The monoisotopic (exact) mass is 325 g/mol. The maximum atomic E-state index is 12.3. The number of furan rings is 1. The van der Waals surface area contributed by atoms with Gasteiger partial charge >= 0.3 is 0 Å². The smallest absolute Gasteiger partial charge is 0.273 e. The number of rotatable bonds is 6. The molecule has 3 rings (SSSR count). The highest BCUT2D eigenvalue weighted by Crippen LogP contribution is 2.17. The molecule has 2 heterocycles. The van der Waals surface area contributed by atoms with E-state index in [9.17, 15) is 4.79 Å². The van der Waals surface area contributed by atoms with Crippen molar-refractivity contribution in [2.75, 3.05) is 20.6 Å². The van der Waals surface area contributed by atoms with E-state index in [1.807, 2.05) is 61.5 Å². The third kappa shape index (κ3) is 3.52. The fourth-order valence-electron chi connectivity index (χ4n) is 2.37. The predicted octanol–water partition coefficient (Wildman–Crippen LogP) is 1.89. The van der Waals surface area contributed by atoms with Crippen LogP contribution in [0.25, 0.3) is 5.69 Å². The topological polar surface area (TPSA) is 76.2 Å². The highest BCUT2D eigenvalue weighted by molar-refractivity contribution is 5.91. The molecular formula is C17H19N5O2. The molecule has 0 aliphatic carbocycles. The van der Waals surface area contributed by atoms with E-state index in [2.05, 4.69) is 15.6 Å². The fourth-order valence-corrected chi connectivity index (χ4v) is 2.37. The molecule has 0 saturated heterocycles. The van der Waals surface area contributed by atoms with Gasteiger partial charge in [-0.25, -0.2) is 4.68 Å². The summed E-state index contributed by atoms with van der Waals surface area (Å²) in [5, 5.41) is 10.8. The van der Waals surface area contributed by atoms with Crippen molar-refractivity contribution in [3.63, 3.8) is 0 Å². The van der Waals surface area contributed by atoms with Crippen LogP contribution in [0.3, 0.4) is 0 Å². The largest absolute Gasteiger partial charge is 0.468 e. The summed E-state index contributed by atoms with van der Waals surface area (Å²) in [4.78, 5) is 14.3. The van der Waals surface area contributed by atoms with Crippen LogP contribution < -0.4 is 5.32 Å². The van der Waals surface area contributed by atoms with Gasteiger partial charge in [-0.3, -0.25) is 9.69 Å². The van der Waals surface area contributed by atoms with Gasteiger partial charge in [0.2, 0.25) is 0 Å². The lowest BCUT2D eigenvalue weighted by molar-refractivity contribution is 0.0934. The van der Waals surface area contributed by atoms with E-state index < -0.39 is 0 Å². The molecule has 7 nitrogen and oxygen atoms in total. The van der Waals surface area contributed by atoms with Crippen molar-refractivity contribution in [2.24, 2.45) is 0 Å². The Bertz CT molecular complexity index is 780. The SMILES string of the molecule is CN(C)C(CNC(=O)c1cn(-c2ccccc2)nn1)c1ccco1. The second kappa shape index (κ2) is 7.10. The van der Waals surface area contributed by atoms with Gasteiger partial charge in [0.15, 0.2) is 5.69 Å². The molecular weight excluding hydrogens is 306 g/mol. The summed E-state index contributed by atoms with van der Waals surface area (Å²) in [6.07, 6.45) is 3.24. The van der Waals surface area contributed by atoms with Crippen molar-refractivity contribution in [3.8, 4) is 5.69 Å². The number of carbonyl (C=O) groups excluding carboxylic acids is 1. The van der Waals surface area contributed by atoms with Crippen LogP contribution in [0, 0.1) is 0 Å². The minimum Gasteiger partial charge on any atom is -0.468 e. The number of amides is 1. The van der Waals surface area contributed by atoms with E-state index in [0.717, 1.165) is 11.4 Å². The summed E-state index contributed by atoms with van der Waals surface area (Å²) < 4.78 is 7.01. The first-order chi connectivity index (χ1) is 11.6. The van der Waals surface area contributed by atoms with Crippen LogP contribution in [0.1, 0.15) is 22.3 Å². The van der Waals surface area contributed by atoms with Crippen molar-refractivity contribution in [2.45, 2.75) is 6.04 Å². The van der Waals surface area contributed by atoms with Gasteiger partial charge in [-0.05, 0) is 38.4 Å². The molecule has 0 fully saturated rings. The van der Waals surface area contributed by atoms with Gasteiger partial charge in [0.1, 0.15) is 5.76 Å². The van der Waals surface area contributed by atoms with Gasteiger partial charge in [0, 0.05) is 6.54 Å². The van der Waals surface area contributed by atoms with Gasteiger partial charge in [0.25, 0.3) is 5.91 Å². The summed E-state index contributed by atoms with van der Waals surface area (Å²) in [5.74, 6) is 0.531. The molecule has 0 bridgehead atoms. The second-order valence-corrected chi connectivity index (χ2v) is 5.59. The summed E-state index contributed by atoms with van der Waals surface area (Å²) in [6.45, 7) is 0.414. The average molecular weight is 325 g/mol. The van der Waals surface area contributed by atoms with Crippen LogP contribution >= 0.6 is 0 Å². The summed E-state index contributed by atoms with van der Waals surface area (Å²) in [7, 11) is 3.87. The standard InChI is InChI=1S/C17H19N5O2/c1-21(2)15(16-9-6-10-24-16)11-18-17(23)14-12-22(20-19-14)13-7-4-3-5-8-13/h3-10,12,15H,11H2,1-2H3,(H,18,23). The Balaban J connectivity index is 1.66. The maximum absolute atomic E-state index is 12.3. The lowest BCUT2D eigenvalue weighted by Gasteiger charge is -2.22. The minimum absolute atomic E-state index is 0.0480. The lowest BCUT2D eigenvalue weighted by atomic mass is 10.2. The third-order valence-corrected chi connectivity index (χ3v) is 3.70. The third-order valence-electron chi connectivity index (χ3n) is 3.70. The van der Waals surface area contributed by atoms with Crippen LogP contribution in [0.2, 0.25) is 0 Å². The number of para-hydroxylation sites is 1. The number of aromatic nitrogens is 3. The highest BCUT2D eigenvalue weighted by Gasteiger charge is 2.19. The molecule has 1 aromatic carbocycles. The number of likely N-dealkylation sites (N-methyl/N-ethyl adjacent to an activating group) is 1. The molecule has 0 aliphatic heterocycles. The fraction of sp³-hybridized carbons (Fsp3) is 0.235. The van der Waals surface area contributed by atoms with Crippen LogP contribution in [-0.2, 0) is 0 Å². The van der Waals surface area contributed by atoms with Crippen LogP contribution in [0.15, 0.2) is 59.3 Å². The molecule has 1 amide bonds. The Hall–Kier alpha value is -2.93. The molecule has 0 spiro atoms. The first kappa shape index (κ1) is 15.9. The zero-order valence-corrected chi connectivity index (χ0v) is 13.6. The number of nitrogens with zero attached hydrogens (tertiary/aromatic N) is 4. The molecule has 3 aromatic rings. The van der Waals surface area contributed by atoms with E-state index in [4.69, 9.17) is 4.42 Å². The number of benzene rings is 1. The second-order valence-electron chi connectivity index (χ2n) is 5.59. The van der Waals surface area contributed by atoms with Crippen molar-refractivity contribution >= 4 is 5.91 Å². The highest BCUT2D eigenvalue weighted by atomic mass is 16.3. The summed E-state index contributed by atoms with van der Waals surface area (Å²) >= 11 is 0. The first-order valence-electron chi connectivity index (χ1n) is 7.61. The molecule has 1 atom stereocenters. The Morgan fingerprint density at radius 3 is 2.71 bits per heavy atom. The van der Waals surface area contributed by atoms with E-state index in [-0.39, 0.29) is 17.6 Å². The van der Waals surface area contributed by atoms with Crippen LogP contribution in [0.4, 0.5) is 0 Å². The van der Waals surface area contributed by atoms with Gasteiger partial charge < -0.3 is 9.73 Å². The Morgan fingerprint density at radius 1 is 1.25 bits per heavy atom.